The Kier molecular flexibility index (Phi) is 2.94. The number of nitrogens with two attached hydrogens (primary N) is 1. The van der Waals surface area contributed by atoms with Crippen molar-refractivity contribution in [2.24, 2.45) is 5.73 Å². The Balaban J connectivity index is 1.65. The Labute approximate surface area is 78.7 Å². The molecule has 1 heterocycles. The van der Waals surface area contributed by atoms with Crippen LogP contribution in [0.1, 0.15) is 25.7 Å². The lowest BCUT2D eigenvalue weighted by molar-refractivity contribution is 0.266. The molecule has 0 spiro atoms. The van der Waals surface area contributed by atoms with E-state index >= 15 is 0 Å². The largest absolute Gasteiger partial charge is 0.328 e. The van der Waals surface area contributed by atoms with E-state index in [0.29, 0.717) is 6.04 Å². The van der Waals surface area contributed by atoms with E-state index < -0.39 is 0 Å². The maximum Gasteiger partial charge on any atom is 0.0161 e. The van der Waals surface area contributed by atoms with E-state index in [1.165, 1.54) is 37.2 Å². The maximum atomic E-state index is 5.73. The topological polar surface area (TPSA) is 38.0 Å². The van der Waals surface area contributed by atoms with Crippen LogP contribution in [0.25, 0.3) is 0 Å². The predicted molar refractivity (Wildman–Crippen MR) is 54.5 cm³/mol. The SMILES string of the molecule is NC1CC(NC2CCCSC2)C1. The molecule has 0 aromatic heterocycles. The Morgan fingerprint density at radius 3 is 2.67 bits per heavy atom. The Hall–Kier alpha value is 0.270. The van der Waals surface area contributed by atoms with Crippen LogP contribution >= 0.6 is 11.8 Å². The van der Waals surface area contributed by atoms with Gasteiger partial charge in [-0.2, -0.15) is 11.8 Å². The molecule has 12 heavy (non-hydrogen) atoms. The zero-order chi connectivity index (χ0) is 8.39. The van der Waals surface area contributed by atoms with Gasteiger partial charge < -0.3 is 11.1 Å². The summed E-state index contributed by atoms with van der Waals surface area (Å²) in [5.74, 6) is 2.67. The van der Waals surface area contributed by atoms with Crippen LogP contribution in [0.3, 0.4) is 0 Å². The smallest absolute Gasteiger partial charge is 0.0161 e. The molecule has 1 aliphatic heterocycles. The lowest BCUT2D eigenvalue weighted by atomic mass is 9.87. The van der Waals surface area contributed by atoms with E-state index in [2.05, 4.69) is 17.1 Å². The average Bonchev–Trinajstić information content (AvgIpc) is 2.04. The second kappa shape index (κ2) is 3.99. The summed E-state index contributed by atoms with van der Waals surface area (Å²) in [4.78, 5) is 0. The van der Waals surface area contributed by atoms with Crippen LogP contribution in [0.2, 0.25) is 0 Å². The van der Waals surface area contributed by atoms with E-state index in [1.807, 2.05) is 0 Å². The highest BCUT2D eigenvalue weighted by atomic mass is 32.2. The molecule has 2 aliphatic rings. The first-order valence-electron chi connectivity index (χ1n) is 4.94. The normalized spacial score (nSPS) is 42.2. The molecule has 1 saturated heterocycles. The van der Waals surface area contributed by atoms with Gasteiger partial charge in [0, 0.05) is 23.9 Å². The van der Waals surface area contributed by atoms with Crippen LogP contribution in [0.4, 0.5) is 0 Å². The lowest BCUT2D eigenvalue weighted by Gasteiger charge is -2.37. The highest BCUT2D eigenvalue weighted by Gasteiger charge is 2.28. The summed E-state index contributed by atoms with van der Waals surface area (Å²) in [5, 5.41) is 3.68. The van der Waals surface area contributed by atoms with E-state index in [4.69, 9.17) is 5.73 Å². The molecular formula is C9H18N2S. The van der Waals surface area contributed by atoms with Crippen molar-refractivity contribution in [1.82, 2.24) is 5.32 Å². The second-order valence-electron chi connectivity index (χ2n) is 4.01. The van der Waals surface area contributed by atoms with Crippen molar-refractivity contribution >= 4 is 11.8 Å². The number of hydrogen-bond acceptors (Lipinski definition) is 3. The van der Waals surface area contributed by atoms with Crippen LogP contribution in [-0.2, 0) is 0 Å². The fourth-order valence-electron chi connectivity index (χ4n) is 2.00. The molecule has 1 atom stereocenters. The average molecular weight is 186 g/mol. The monoisotopic (exact) mass is 186 g/mol. The van der Waals surface area contributed by atoms with Crippen molar-refractivity contribution < 1.29 is 0 Å². The summed E-state index contributed by atoms with van der Waals surface area (Å²) in [5.41, 5.74) is 5.73. The first kappa shape index (κ1) is 8.85. The molecule has 3 heteroatoms. The first-order chi connectivity index (χ1) is 5.84. The molecule has 0 aromatic carbocycles. The van der Waals surface area contributed by atoms with E-state index in [9.17, 15) is 0 Å². The van der Waals surface area contributed by atoms with Crippen molar-refractivity contribution in [2.75, 3.05) is 11.5 Å². The van der Waals surface area contributed by atoms with E-state index in [1.54, 1.807) is 0 Å². The molecule has 2 nitrogen and oxygen atoms in total. The number of nitrogens with one attached hydrogen (secondary N) is 1. The lowest BCUT2D eigenvalue weighted by Crippen LogP contribution is -2.52. The Morgan fingerprint density at radius 2 is 2.08 bits per heavy atom. The van der Waals surface area contributed by atoms with Gasteiger partial charge in [-0.25, -0.2) is 0 Å². The van der Waals surface area contributed by atoms with Gasteiger partial charge in [0.15, 0.2) is 0 Å². The summed E-state index contributed by atoms with van der Waals surface area (Å²) in [6.07, 6.45) is 5.15. The highest BCUT2D eigenvalue weighted by Crippen LogP contribution is 2.22. The van der Waals surface area contributed by atoms with Gasteiger partial charge in [-0.15, -0.1) is 0 Å². The minimum Gasteiger partial charge on any atom is -0.328 e. The molecular weight excluding hydrogens is 168 g/mol. The summed E-state index contributed by atoms with van der Waals surface area (Å²) in [7, 11) is 0. The number of hydrogen-bond donors (Lipinski definition) is 2. The van der Waals surface area contributed by atoms with Crippen LogP contribution in [-0.4, -0.2) is 29.6 Å². The summed E-state index contributed by atoms with van der Waals surface area (Å²) in [6.45, 7) is 0. The van der Waals surface area contributed by atoms with Gasteiger partial charge >= 0.3 is 0 Å². The Bertz CT molecular complexity index is 139. The van der Waals surface area contributed by atoms with Gasteiger partial charge in [-0.05, 0) is 31.4 Å². The van der Waals surface area contributed by atoms with Crippen LogP contribution in [0.5, 0.6) is 0 Å². The van der Waals surface area contributed by atoms with Crippen LogP contribution < -0.4 is 11.1 Å². The highest BCUT2D eigenvalue weighted by molar-refractivity contribution is 7.99. The fourth-order valence-corrected chi connectivity index (χ4v) is 3.09. The molecule has 1 saturated carbocycles. The molecule has 0 amide bonds. The molecule has 0 bridgehead atoms. The summed E-state index contributed by atoms with van der Waals surface area (Å²) in [6, 6.07) is 2.00. The summed E-state index contributed by atoms with van der Waals surface area (Å²) >= 11 is 2.09. The first-order valence-corrected chi connectivity index (χ1v) is 6.09. The van der Waals surface area contributed by atoms with Crippen molar-refractivity contribution in [3.05, 3.63) is 0 Å². The van der Waals surface area contributed by atoms with Crippen molar-refractivity contribution in [2.45, 2.75) is 43.8 Å². The van der Waals surface area contributed by atoms with E-state index in [0.717, 1.165) is 12.1 Å². The van der Waals surface area contributed by atoms with Crippen molar-refractivity contribution in [3.8, 4) is 0 Å². The molecule has 2 rings (SSSR count). The molecule has 1 aliphatic carbocycles. The minimum absolute atomic E-state index is 0.485. The second-order valence-corrected chi connectivity index (χ2v) is 5.16. The van der Waals surface area contributed by atoms with Crippen molar-refractivity contribution in [3.63, 3.8) is 0 Å². The molecule has 70 valence electrons. The van der Waals surface area contributed by atoms with Gasteiger partial charge in [0.1, 0.15) is 0 Å². The maximum absolute atomic E-state index is 5.73. The number of rotatable bonds is 2. The van der Waals surface area contributed by atoms with E-state index in [-0.39, 0.29) is 0 Å². The molecule has 3 N–H and O–H groups in total. The quantitative estimate of drug-likeness (QED) is 0.674. The third-order valence-corrected chi connectivity index (χ3v) is 4.02. The third-order valence-electron chi connectivity index (χ3n) is 2.81. The van der Waals surface area contributed by atoms with Crippen molar-refractivity contribution in [1.29, 1.82) is 0 Å². The van der Waals surface area contributed by atoms with Crippen LogP contribution in [0.15, 0.2) is 0 Å². The predicted octanol–water partition coefficient (Wildman–Crippen LogP) is 0.961. The van der Waals surface area contributed by atoms with Gasteiger partial charge in [0.25, 0.3) is 0 Å². The Morgan fingerprint density at radius 1 is 1.25 bits per heavy atom. The third kappa shape index (κ3) is 2.15. The van der Waals surface area contributed by atoms with Gasteiger partial charge in [-0.1, -0.05) is 0 Å². The van der Waals surface area contributed by atoms with Gasteiger partial charge in [0.2, 0.25) is 0 Å². The van der Waals surface area contributed by atoms with Gasteiger partial charge in [-0.3, -0.25) is 0 Å². The zero-order valence-corrected chi connectivity index (χ0v) is 8.28. The molecule has 0 radical (unpaired) electrons. The molecule has 1 unspecified atom stereocenters. The fraction of sp³-hybridized carbons (Fsp3) is 1.00. The number of thioether (sulfide) groups is 1. The summed E-state index contributed by atoms with van der Waals surface area (Å²) < 4.78 is 0. The zero-order valence-electron chi connectivity index (χ0n) is 7.46. The van der Waals surface area contributed by atoms with Crippen LogP contribution in [0, 0.1) is 0 Å². The molecule has 0 aromatic rings. The molecule has 2 fully saturated rings. The minimum atomic E-state index is 0.485. The standard InChI is InChI=1S/C9H18N2S/c10-7-4-9(5-7)11-8-2-1-3-12-6-8/h7-9,11H,1-6,10H2. The van der Waals surface area contributed by atoms with Gasteiger partial charge in [0.05, 0.1) is 0 Å².